The lowest BCUT2D eigenvalue weighted by Gasteiger charge is -2.35. The van der Waals surface area contributed by atoms with Crippen LogP contribution in [-0.4, -0.2) is 44.3 Å². The Morgan fingerprint density at radius 1 is 1.10 bits per heavy atom. The molecule has 1 aromatic carbocycles. The predicted molar refractivity (Wildman–Crippen MR) is 82.9 cm³/mol. The van der Waals surface area contributed by atoms with Gasteiger partial charge in [0.25, 0.3) is 0 Å². The number of anilines is 1. The van der Waals surface area contributed by atoms with Gasteiger partial charge < -0.3 is 19.7 Å². The van der Waals surface area contributed by atoms with Crippen LogP contribution in [0, 0.1) is 0 Å². The van der Waals surface area contributed by atoms with Crippen LogP contribution >= 0.6 is 0 Å². The Kier molecular flexibility index (Phi) is 5.12. The molecular weight excluding hydrogens is 252 g/mol. The van der Waals surface area contributed by atoms with E-state index in [2.05, 4.69) is 30.1 Å². The third kappa shape index (κ3) is 3.57. The number of nitrogens with one attached hydrogen (secondary N) is 1. The lowest BCUT2D eigenvalue weighted by molar-refractivity contribution is 0.177. The standard InChI is InChI=1S/C16H26N2O2/c1-12(2)18-9-7-13(8-10-18)17-14-5-6-15(19-3)16(11-14)20-4/h5-6,11-13,17H,7-10H2,1-4H3. The zero-order valence-electron chi connectivity index (χ0n) is 13.0. The van der Waals surface area contributed by atoms with Crippen molar-refractivity contribution in [2.45, 2.75) is 38.8 Å². The molecule has 0 saturated carbocycles. The van der Waals surface area contributed by atoms with E-state index in [4.69, 9.17) is 9.47 Å². The number of ether oxygens (including phenoxy) is 2. The summed E-state index contributed by atoms with van der Waals surface area (Å²) >= 11 is 0. The molecular formula is C16H26N2O2. The molecule has 0 aliphatic carbocycles. The second kappa shape index (κ2) is 6.84. The zero-order chi connectivity index (χ0) is 14.5. The molecule has 1 heterocycles. The highest BCUT2D eigenvalue weighted by molar-refractivity contribution is 5.55. The summed E-state index contributed by atoms with van der Waals surface area (Å²) in [5.74, 6) is 1.55. The number of benzene rings is 1. The van der Waals surface area contributed by atoms with Gasteiger partial charge in [-0.1, -0.05) is 0 Å². The monoisotopic (exact) mass is 278 g/mol. The summed E-state index contributed by atoms with van der Waals surface area (Å²) < 4.78 is 10.6. The third-order valence-electron chi connectivity index (χ3n) is 4.01. The molecule has 0 aromatic heterocycles. The van der Waals surface area contributed by atoms with Crippen molar-refractivity contribution in [1.29, 1.82) is 0 Å². The Labute approximate surface area is 122 Å². The van der Waals surface area contributed by atoms with Crippen molar-refractivity contribution in [1.82, 2.24) is 4.90 Å². The first-order valence-electron chi connectivity index (χ1n) is 7.36. The molecule has 2 rings (SSSR count). The van der Waals surface area contributed by atoms with E-state index in [-0.39, 0.29) is 0 Å². The fourth-order valence-corrected chi connectivity index (χ4v) is 2.72. The topological polar surface area (TPSA) is 33.7 Å². The van der Waals surface area contributed by atoms with Gasteiger partial charge in [0.15, 0.2) is 11.5 Å². The number of rotatable bonds is 5. The maximum absolute atomic E-state index is 5.34. The molecule has 1 fully saturated rings. The highest BCUT2D eigenvalue weighted by atomic mass is 16.5. The largest absolute Gasteiger partial charge is 0.493 e. The van der Waals surface area contributed by atoms with E-state index in [1.165, 1.54) is 25.9 Å². The summed E-state index contributed by atoms with van der Waals surface area (Å²) in [4.78, 5) is 2.53. The van der Waals surface area contributed by atoms with Crippen LogP contribution in [0.3, 0.4) is 0 Å². The van der Waals surface area contributed by atoms with Crippen LogP contribution in [0.5, 0.6) is 11.5 Å². The van der Waals surface area contributed by atoms with Crippen molar-refractivity contribution in [2.24, 2.45) is 0 Å². The molecule has 112 valence electrons. The molecule has 0 radical (unpaired) electrons. The molecule has 0 spiro atoms. The fraction of sp³-hybridized carbons (Fsp3) is 0.625. The number of likely N-dealkylation sites (tertiary alicyclic amines) is 1. The van der Waals surface area contributed by atoms with Gasteiger partial charge in [-0.2, -0.15) is 0 Å². The lowest BCUT2D eigenvalue weighted by Crippen LogP contribution is -2.42. The van der Waals surface area contributed by atoms with Gasteiger partial charge in [-0.05, 0) is 38.8 Å². The Morgan fingerprint density at radius 3 is 2.30 bits per heavy atom. The van der Waals surface area contributed by atoms with Crippen LogP contribution in [0.1, 0.15) is 26.7 Å². The van der Waals surface area contributed by atoms with Crippen LogP contribution in [-0.2, 0) is 0 Å². The van der Waals surface area contributed by atoms with Gasteiger partial charge >= 0.3 is 0 Å². The minimum absolute atomic E-state index is 0.545. The number of methoxy groups -OCH3 is 2. The van der Waals surface area contributed by atoms with Crippen molar-refractivity contribution >= 4 is 5.69 Å². The van der Waals surface area contributed by atoms with E-state index in [9.17, 15) is 0 Å². The van der Waals surface area contributed by atoms with E-state index >= 15 is 0 Å². The van der Waals surface area contributed by atoms with Crippen LogP contribution in [0.25, 0.3) is 0 Å². The summed E-state index contributed by atoms with van der Waals surface area (Å²) in [6, 6.07) is 7.20. The average Bonchev–Trinajstić information content (AvgIpc) is 2.47. The van der Waals surface area contributed by atoms with Crippen molar-refractivity contribution in [3.05, 3.63) is 18.2 Å². The minimum Gasteiger partial charge on any atom is -0.493 e. The molecule has 1 aromatic rings. The lowest BCUT2D eigenvalue weighted by atomic mass is 10.0. The fourth-order valence-electron chi connectivity index (χ4n) is 2.72. The summed E-state index contributed by atoms with van der Waals surface area (Å²) in [5, 5.41) is 3.60. The Morgan fingerprint density at radius 2 is 1.75 bits per heavy atom. The van der Waals surface area contributed by atoms with E-state index in [0.717, 1.165) is 17.2 Å². The molecule has 4 nitrogen and oxygen atoms in total. The first-order chi connectivity index (χ1) is 9.63. The minimum atomic E-state index is 0.545. The molecule has 1 N–H and O–H groups in total. The van der Waals surface area contributed by atoms with Gasteiger partial charge in [-0.15, -0.1) is 0 Å². The number of piperidine rings is 1. The molecule has 1 aliphatic heterocycles. The Hall–Kier alpha value is -1.42. The summed E-state index contributed by atoms with van der Waals surface area (Å²) in [5.41, 5.74) is 1.10. The molecule has 1 saturated heterocycles. The van der Waals surface area contributed by atoms with Crippen LogP contribution in [0.15, 0.2) is 18.2 Å². The summed E-state index contributed by atoms with van der Waals surface area (Å²) in [7, 11) is 3.33. The van der Waals surface area contributed by atoms with Crippen molar-refractivity contribution < 1.29 is 9.47 Å². The van der Waals surface area contributed by atoms with Gasteiger partial charge in [0.1, 0.15) is 0 Å². The maximum Gasteiger partial charge on any atom is 0.162 e. The highest BCUT2D eigenvalue weighted by Crippen LogP contribution is 2.30. The normalized spacial score (nSPS) is 17.2. The average molecular weight is 278 g/mol. The zero-order valence-corrected chi connectivity index (χ0v) is 13.0. The third-order valence-corrected chi connectivity index (χ3v) is 4.01. The van der Waals surface area contributed by atoms with Gasteiger partial charge in [0.2, 0.25) is 0 Å². The van der Waals surface area contributed by atoms with Gasteiger partial charge in [0, 0.05) is 36.9 Å². The molecule has 4 heteroatoms. The molecule has 0 atom stereocenters. The molecule has 20 heavy (non-hydrogen) atoms. The number of hydrogen-bond donors (Lipinski definition) is 1. The first kappa shape index (κ1) is 15.0. The van der Waals surface area contributed by atoms with Gasteiger partial charge in [-0.3, -0.25) is 0 Å². The number of nitrogens with zero attached hydrogens (tertiary/aromatic N) is 1. The summed E-state index contributed by atoms with van der Waals surface area (Å²) in [6.45, 7) is 6.87. The quantitative estimate of drug-likeness (QED) is 0.898. The van der Waals surface area contributed by atoms with E-state index in [0.29, 0.717) is 12.1 Å². The second-order valence-electron chi connectivity index (χ2n) is 5.62. The van der Waals surface area contributed by atoms with E-state index in [1.54, 1.807) is 14.2 Å². The maximum atomic E-state index is 5.34. The number of hydrogen-bond acceptors (Lipinski definition) is 4. The first-order valence-corrected chi connectivity index (χ1v) is 7.36. The van der Waals surface area contributed by atoms with E-state index < -0.39 is 0 Å². The van der Waals surface area contributed by atoms with Gasteiger partial charge in [-0.25, -0.2) is 0 Å². The highest BCUT2D eigenvalue weighted by Gasteiger charge is 2.20. The van der Waals surface area contributed by atoms with Gasteiger partial charge in [0.05, 0.1) is 14.2 Å². The molecule has 1 aliphatic rings. The molecule has 0 amide bonds. The molecule has 0 bridgehead atoms. The van der Waals surface area contributed by atoms with Crippen LogP contribution in [0.2, 0.25) is 0 Å². The van der Waals surface area contributed by atoms with Crippen LogP contribution in [0.4, 0.5) is 5.69 Å². The summed E-state index contributed by atoms with van der Waals surface area (Å²) in [6.07, 6.45) is 2.37. The van der Waals surface area contributed by atoms with Crippen molar-refractivity contribution in [3.8, 4) is 11.5 Å². The van der Waals surface area contributed by atoms with E-state index in [1.807, 2.05) is 12.1 Å². The smallest absolute Gasteiger partial charge is 0.162 e. The van der Waals surface area contributed by atoms with Crippen molar-refractivity contribution in [2.75, 3.05) is 32.6 Å². The SMILES string of the molecule is COc1ccc(NC2CCN(C(C)C)CC2)cc1OC. The van der Waals surface area contributed by atoms with Crippen LogP contribution < -0.4 is 14.8 Å². The molecule has 0 unspecified atom stereocenters. The Balaban J connectivity index is 1.94. The second-order valence-corrected chi connectivity index (χ2v) is 5.62. The van der Waals surface area contributed by atoms with Crippen molar-refractivity contribution in [3.63, 3.8) is 0 Å². The predicted octanol–water partition coefficient (Wildman–Crippen LogP) is 2.99. The Bertz CT molecular complexity index is 426.